The monoisotopic (exact) mass is 463 g/mol. The lowest BCUT2D eigenvalue weighted by atomic mass is 10.1. The molecule has 1 aromatic carbocycles. The highest BCUT2D eigenvalue weighted by molar-refractivity contribution is 9.10. The average molecular weight is 464 g/mol. The third kappa shape index (κ3) is 3.18. The van der Waals surface area contributed by atoms with Gasteiger partial charge in [-0.2, -0.15) is 0 Å². The minimum Gasteiger partial charge on any atom is -0.486 e. The Bertz CT molecular complexity index is 1150. The van der Waals surface area contributed by atoms with Crippen molar-refractivity contribution >= 4 is 43.4 Å². The van der Waals surface area contributed by atoms with E-state index >= 15 is 0 Å². The molecule has 9 heteroatoms. The Kier molecular flexibility index (Phi) is 4.88. The van der Waals surface area contributed by atoms with E-state index in [1.54, 1.807) is 14.0 Å². The van der Waals surface area contributed by atoms with Crippen LogP contribution in [0.2, 0.25) is 0 Å². The molecule has 28 heavy (non-hydrogen) atoms. The van der Waals surface area contributed by atoms with Crippen LogP contribution >= 0.6 is 27.3 Å². The van der Waals surface area contributed by atoms with Crippen molar-refractivity contribution in [2.45, 2.75) is 19.9 Å². The second-order valence-electron chi connectivity index (χ2n) is 6.61. The van der Waals surface area contributed by atoms with Gasteiger partial charge < -0.3 is 19.4 Å². The lowest BCUT2D eigenvalue weighted by Crippen LogP contribution is -2.27. The summed E-state index contributed by atoms with van der Waals surface area (Å²) in [7, 11) is 1.65. The molecule has 3 heterocycles. The number of nitrogens with zero attached hydrogens (tertiary/aromatic N) is 2. The molecule has 7 nitrogen and oxygen atoms in total. The number of nitrogens with one attached hydrogen (secondary N) is 1. The second kappa shape index (κ2) is 7.21. The van der Waals surface area contributed by atoms with E-state index in [9.17, 15) is 9.59 Å². The number of fused-ring (bicyclic) bond motifs is 2. The minimum absolute atomic E-state index is 0.152. The van der Waals surface area contributed by atoms with E-state index in [-0.39, 0.29) is 17.5 Å². The zero-order chi connectivity index (χ0) is 20.0. The number of aryl methyl sites for hydroxylation is 2. The molecule has 0 spiro atoms. The molecule has 1 aliphatic rings. The van der Waals surface area contributed by atoms with E-state index in [2.05, 4.69) is 26.2 Å². The number of hydrogen-bond acceptors (Lipinski definition) is 6. The summed E-state index contributed by atoms with van der Waals surface area (Å²) in [6, 6.07) is 3.45. The van der Waals surface area contributed by atoms with Gasteiger partial charge in [0.05, 0.1) is 22.6 Å². The Balaban J connectivity index is 1.64. The summed E-state index contributed by atoms with van der Waals surface area (Å²) < 4.78 is 13.5. The van der Waals surface area contributed by atoms with Crippen LogP contribution in [0.1, 0.15) is 33.8 Å². The standard InChI is InChI=1S/C19H18BrN3O4S/c1-9-15-18(21-8-23(3)19(15)25)28-16(9)17(24)22-10(2)11-6-13-14(7-12(11)20)27-5-4-26-13/h6-8,10H,4-5H2,1-3H3,(H,22,24). The molecule has 1 amide bonds. The zero-order valence-corrected chi connectivity index (χ0v) is 17.9. The maximum absolute atomic E-state index is 12.9. The quantitative estimate of drug-likeness (QED) is 0.643. The second-order valence-corrected chi connectivity index (χ2v) is 8.46. The molecule has 0 aliphatic carbocycles. The van der Waals surface area contributed by atoms with Crippen LogP contribution in [0.25, 0.3) is 10.2 Å². The molecular weight excluding hydrogens is 446 g/mol. The molecule has 0 radical (unpaired) electrons. The predicted molar refractivity (Wildman–Crippen MR) is 111 cm³/mol. The van der Waals surface area contributed by atoms with Crippen LogP contribution in [-0.2, 0) is 7.05 Å². The maximum Gasteiger partial charge on any atom is 0.262 e. The van der Waals surface area contributed by atoms with Gasteiger partial charge in [-0.05, 0) is 37.1 Å². The summed E-state index contributed by atoms with van der Waals surface area (Å²) in [4.78, 5) is 30.6. The molecule has 3 aromatic rings. The molecule has 0 fully saturated rings. The molecule has 4 rings (SSSR count). The molecule has 0 bridgehead atoms. The van der Waals surface area contributed by atoms with E-state index in [1.165, 1.54) is 22.2 Å². The number of ether oxygens (including phenoxy) is 2. The van der Waals surface area contributed by atoms with Crippen LogP contribution in [0.5, 0.6) is 11.5 Å². The fourth-order valence-electron chi connectivity index (χ4n) is 3.18. The van der Waals surface area contributed by atoms with Gasteiger partial charge in [0.1, 0.15) is 18.0 Å². The molecular formula is C19H18BrN3O4S. The first-order valence-corrected chi connectivity index (χ1v) is 10.3. The van der Waals surface area contributed by atoms with Gasteiger partial charge in [0.2, 0.25) is 0 Å². The van der Waals surface area contributed by atoms with Crippen LogP contribution in [0.15, 0.2) is 27.7 Å². The van der Waals surface area contributed by atoms with Crippen molar-refractivity contribution in [3.8, 4) is 11.5 Å². The number of thiophene rings is 1. The molecule has 146 valence electrons. The van der Waals surface area contributed by atoms with Crippen LogP contribution < -0.4 is 20.3 Å². The first-order valence-electron chi connectivity index (χ1n) is 8.71. The fraction of sp³-hybridized carbons (Fsp3) is 0.316. The van der Waals surface area contributed by atoms with E-state index in [0.717, 1.165) is 10.0 Å². The number of hydrogen-bond donors (Lipinski definition) is 1. The van der Waals surface area contributed by atoms with Crippen molar-refractivity contribution in [1.29, 1.82) is 0 Å². The number of halogens is 1. The van der Waals surface area contributed by atoms with E-state index in [0.29, 0.717) is 45.4 Å². The van der Waals surface area contributed by atoms with Gasteiger partial charge in [0.15, 0.2) is 11.5 Å². The zero-order valence-electron chi connectivity index (χ0n) is 15.5. The third-order valence-electron chi connectivity index (χ3n) is 4.69. The lowest BCUT2D eigenvalue weighted by molar-refractivity contribution is 0.0943. The molecule has 1 aliphatic heterocycles. The van der Waals surface area contributed by atoms with Crippen molar-refractivity contribution in [2.75, 3.05) is 13.2 Å². The molecule has 1 unspecified atom stereocenters. The topological polar surface area (TPSA) is 82.4 Å². The van der Waals surface area contributed by atoms with Gasteiger partial charge >= 0.3 is 0 Å². The molecule has 0 saturated heterocycles. The van der Waals surface area contributed by atoms with Crippen molar-refractivity contribution < 1.29 is 14.3 Å². The summed E-state index contributed by atoms with van der Waals surface area (Å²) in [6.07, 6.45) is 1.47. The predicted octanol–water partition coefficient (Wildman–Crippen LogP) is 3.33. The number of rotatable bonds is 3. The summed E-state index contributed by atoms with van der Waals surface area (Å²) in [6.45, 7) is 4.69. The van der Waals surface area contributed by atoms with Crippen LogP contribution in [0.3, 0.4) is 0 Å². The Labute approximate surface area is 173 Å². The molecule has 1 atom stereocenters. The number of amides is 1. The highest BCUT2D eigenvalue weighted by Crippen LogP contribution is 2.38. The highest BCUT2D eigenvalue weighted by atomic mass is 79.9. The lowest BCUT2D eigenvalue weighted by Gasteiger charge is -2.22. The van der Waals surface area contributed by atoms with E-state index in [1.807, 2.05) is 19.1 Å². The first kappa shape index (κ1) is 18.9. The van der Waals surface area contributed by atoms with Gasteiger partial charge in [-0.25, -0.2) is 4.98 Å². The Morgan fingerprint density at radius 1 is 1.32 bits per heavy atom. The Morgan fingerprint density at radius 3 is 2.71 bits per heavy atom. The van der Waals surface area contributed by atoms with Gasteiger partial charge in [-0.3, -0.25) is 9.59 Å². The van der Waals surface area contributed by atoms with E-state index < -0.39 is 0 Å². The van der Waals surface area contributed by atoms with E-state index in [4.69, 9.17) is 9.47 Å². The van der Waals surface area contributed by atoms with Crippen molar-refractivity contribution in [1.82, 2.24) is 14.9 Å². The fourth-order valence-corrected chi connectivity index (χ4v) is 4.89. The Hall–Kier alpha value is -2.39. The minimum atomic E-state index is -0.280. The van der Waals surface area contributed by atoms with Crippen molar-refractivity contribution in [3.63, 3.8) is 0 Å². The van der Waals surface area contributed by atoms with Crippen molar-refractivity contribution in [2.24, 2.45) is 7.05 Å². The maximum atomic E-state index is 12.9. The van der Waals surface area contributed by atoms with Gasteiger partial charge in [-0.15, -0.1) is 11.3 Å². The Morgan fingerprint density at radius 2 is 2.00 bits per heavy atom. The molecule has 0 saturated carbocycles. The van der Waals surface area contributed by atoms with Gasteiger partial charge in [0.25, 0.3) is 11.5 Å². The van der Waals surface area contributed by atoms with Crippen molar-refractivity contribution in [3.05, 3.63) is 49.3 Å². The molecule has 1 N–H and O–H groups in total. The van der Waals surface area contributed by atoms with Crippen LogP contribution in [0, 0.1) is 6.92 Å². The summed E-state index contributed by atoms with van der Waals surface area (Å²) in [5.41, 5.74) is 1.38. The summed E-state index contributed by atoms with van der Waals surface area (Å²) in [5, 5.41) is 3.50. The smallest absolute Gasteiger partial charge is 0.262 e. The van der Waals surface area contributed by atoms with Crippen LogP contribution in [-0.4, -0.2) is 28.7 Å². The molecule has 2 aromatic heterocycles. The summed E-state index contributed by atoms with van der Waals surface area (Å²) in [5.74, 6) is 1.11. The third-order valence-corrected chi connectivity index (χ3v) is 6.58. The van der Waals surface area contributed by atoms with Gasteiger partial charge in [0, 0.05) is 11.5 Å². The number of carbonyl (C=O) groups is 1. The van der Waals surface area contributed by atoms with Gasteiger partial charge in [-0.1, -0.05) is 15.9 Å². The number of carbonyl (C=O) groups excluding carboxylic acids is 1. The van der Waals surface area contributed by atoms with Crippen LogP contribution in [0.4, 0.5) is 0 Å². The number of benzene rings is 1. The highest BCUT2D eigenvalue weighted by Gasteiger charge is 2.23. The largest absolute Gasteiger partial charge is 0.486 e. The SMILES string of the molecule is Cc1c(C(=O)NC(C)c2cc3c(cc2Br)OCCO3)sc2ncn(C)c(=O)c12. The average Bonchev–Trinajstić information content (AvgIpc) is 3.01. The number of aromatic nitrogens is 2. The normalized spacial score (nSPS) is 14.1. The first-order chi connectivity index (χ1) is 13.4. The summed E-state index contributed by atoms with van der Waals surface area (Å²) >= 11 is 4.77.